The molecule has 0 bridgehead atoms. The van der Waals surface area contributed by atoms with E-state index in [2.05, 4.69) is 19.2 Å². The molecule has 1 aromatic carbocycles. The summed E-state index contributed by atoms with van der Waals surface area (Å²) >= 11 is 0. The molecule has 1 saturated carbocycles. The van der Waals surface area contributed by atoms with Crippen molar-refractivity contribution in [2.24, 2.45) is 5.41 Å². The summed E-state index contributed by atoms with van der Waals surface area (Å²) in [5.74, 6) is 1.35. The van der Waals surface area contributed by atoms with Crippen molar-refractivity contribution in [3.8, 4) is 17.2 Å². The van der Waals surface area contributed by atoms with Crippen LogP contribution in [0.2, 0.25) is 0 Å². The number of rotatable bonds is 5. The maximum atomic E-state index is 12.5. The van der Waals surface area contributed by atoms with E-state index in [-0.39, 0.29) is 11.9 Å². The van der Waals surface area contributed by atoms with Crippen molar-refractivity contribution in [1.82, 2.24) is 5.32 Å². The van der Waals surface area contributed by atoms with E-state index < -0.39 is 0 Å². The molecule has 122 valence electrons. The van der Waals surface area contributed by atoms with Crippen LogP contribution < -0.4 is 19.5 Å². The minimum Gasteiger partial charge on any atom is -0.493 e. The monoisotopic (exact) mass is 307 g/mol. The highest BCUT2D eigenvalue weighted by Gasteiger charge is 2.32. The molecule has 1 amide bonds. The lowest BCUT2D eigenvalue weighted by molar-refractivity contribution is 0.0935. The Morgan fingerprint density at radius 2 is 1.73 bits per heavy atom. The number of hydrogen-bond acceptors (Lipinski definition) is 4. The van der Waals surface area contributed by atoms with Crippen LogP contribution in [0.4, 0.5) is 0 Å². The van der Waals surface area contributed by atoms with E-state index in [1.165, 1.54) is 0 Å². The van der Waals surface area contributed by atoms with Crippen molar-refractivity contribution in [3.63, 3.8) is 0 Å². The lowest BCUT2D eigenvalue weighted by Gasteiger charge is -2.18. The molecular formula is C17H25NO4. The Labute approximate surface area is 131 Å². The van der Waals surface area contributed by atoms with E-state index in [0.717, 1.165) is 19.3 Å². The molecule has 0 radical (unpaired) electrons. The first kappa shape index (κ1) is 16.5. The molecular weight excluding hydrogens is 282 g/mol. The molecule has 1 aromatic rings. The van der Waals surface area contributed by atoms with Gasteiger partial charge in [0, 0.05) is 11.6 Å². The standard InChI is InChI=1S/C17H25NO4/c1-17(2)7-6-12(10-17)18-16(19)11-8-13(20-3)15(22-5)14(9-11)21-4/h8-9,12H,6-7,10H2,1-5H3,(H,18,19). The Balaban J connectivity index is 2.19. The molecule has 22 heavy (non-hydrogen) atoms. The van der Waals surface area contributed by atoms with Crippen molar-refractivity contribution >= 4 is 5.91 Å². The van der Waals surface area contributed by atoms with Crippen LogP contribution in [0.5, 0.6) is 17.2 Å². The zero-order valence-corrected chi connectivity index (χ0v) is 14.0. The lowest BCUT2D eigenvalue weighted by Crippen LogP contribution is -2.33. The second-order valence-electron chi connectivity index (χ2n) is 6.49. The first-order chi connectivity index (χ1) is 10.4. The molecule has 1 unspecified atom stereocenters. The molecule has 1 aliphatic carbocycles. The SMILES string of the molecule is COc1cc(C(=O)NC2CCC(C)(C)C2)cc(OC)c1OC. The summed E-state index contributed by atoms with van der Waals surface area (Å²) < 4.78 is 15.8. The predicted octanol–water partition coefficient (Wildman–Crippen LogP) is 3.02. The van der Waals surface area contributed by atoms with E-state index in [4.69, 9.17) is 14.2 Å². The molecule has 0 spiro atoms. The fourth-order valence-corrected chi connectivity index (χ4v) is 3.04. The molecule has 0 saturated heterocycles. The van der Waals surface area contributed by atoms with Crippen molar-refractivity contribution < 1.29 is 19.0 Å². The summed E-state index contributed by atoms with van der Waals surface area (Å²) in [6, 6.07) is 3.58. The second kappa shape index (κ2) is 6.46. The van der Waals surface area contributed by atoms with Crippen molar-refractivity contribution in [2.75, 3.05) is 21.3 Å². The summed E-state index contributed by atoms with van der Waals surface area (Å²) in [7, 11) is 4.62. The van der Waals surface area contributed by atoms with Crippen LogP contribution in [0.25, 0.3) is 0 Å². The fraction of sp³-hybridized carbons (Fsp3) is 0.588. The molecule has 1 atom stereocenters. The van der Waals surface area contributed by atoms with Gasteiger partial charge in [-0.15, -0.1) is 0 Å². The number of ether oxygens (including phenoxy) is 3. The molecule has 0 aliphatic heterocycles. The predicted molar refractivity (Wildman–Crippen MR) is 85.0 cm³/mol. The van der Waals surface area contributed by atoms with Gasteiger partial charge in [-0.1, -0.05) is 13.8 Å². The first-order valence-corrected chi connectivity index (χ1v) is 7.51. The number of nitrogens with one attached hydrogen (secondary N) is 1. The largest absolute Gasteiger partial charge is 0.493 e. The van der Waals surface area contributed by atoms with Gasteiger partial charge < -0.3 is 19.5 Å². The average molecular weight is 307 g/mol. The van der Waals surface area contributed by atoms with Crippen LogP contribution in [0.1, 0.15) is 43.5 Å². The number of carbonyl (C=O) groups is 1. The Morgan fingerprint density at radius 3 is 2.14 bits per heavy atom. The summed E-state index contributed by atoms with van der Waals surface area (Å²) in [6.07, 6.45) is 3.15. The van der Waals surface area contributed by atoms with Crippen LogP contribution in [-0.2, 0) is 0 Å². The highest BCUT2D eigenvalue weighted by Crippen LogP contribution is 2.39. The van der Waals surface area contributed by atoms with Crippen molar-refractivity contribution in [2.45, 2.75) is 39.2 Å². The van der Waals surface area contributed by atoms with Gasteiger partial charge in [-0.05, 0) is 36.8 Å². The Bertz CT molecular complexity index is 529. The van der Waals surface area contributed by atoms with E-state index >= 15 is 0 Å². The van der Waals surface area contributed by atoms with Gasteiger partial charge in [0.2, 0.25) is 5.75 Å². The molecule has 1 fully saturated rings. The zero-order chi connectivity index (χ0) is 16.3. The van der Waals surface area contributed by atoms with E-state index in [1.807, 2.05) is 0 Å². The molecule has 1 aliphatic rings. The summed E-state index contributed by atoms with van der Waals surface area (Å²) in [5, 5.41) is 3.10. The Morgan fingerprint density at radius 1 is 1.14 bits per heavy atom. The van der Waals surface area contributed by atoms with Crippen LogP contribution in [-0.4, -0.2) is 33.3 Å². The third-order valence-electron chi connectivity index (χ3n) is 4.23. The number of carbonyl (C=O) groups excluding carboxylic acids is 1. The molecule has 0 heterocycles. The minimum atomic E-state index is -0.109. The molecule has 5 heteroatoms. The van der Waals surface area contributed by atoms with Crippen LogP contribution in [0.15, 0.2) is 12.1 Å². The second-order valence-corrected chi connectivity index (χ2v) is 6.49. The number of methoxy groups -OCH3 is 3. The van der Waals surface area contributed by atoms with Crippen LogP contribution in [0.3, 0.4) is 0 Å². The van der Waals surface area contributed by atoms with Gasteiger partial charge in [0.05, 0.1) is 21.3 Å². The zero-order valence-electron chi connectivity index (χ0n) is 14.0. The number of benzene rings is 1. The Hall–Kier alpha value is -1.91. The minimum absolute atomic E-state index is 0.109. The van der Waals surface area contributed by atoms with Gasteiger partial charge in [0.25, 0.3) is 5.91 Å². The summed E-state index contributed by atoms with van der Waals surface area (Å²) in [6.45, 7) is 4.47. The Kier molecular flexibility index (Phi) is 4.84. The summed E-state index contributed by atoms with van der Waals surface area (Å²) in [5.41, 5.74) is 0.812. The van der Waals surface area contributed by atoms with Crippen LogP contribution in [0, 0.1) is 5.41 Å². The fourth-order valence-electron chi connectivity index (χ4n) is 3.04. The first-order valence-electron chi connectivity index (χ1n) is 7.51. The third kappa shape index (κ3) is 3.46. The normalized spacial score (nSPS) is 19.6. The van der Waals surface area contributed by atoms with Gasteiger partial charge in [-0.3, -0.25) is 4.79 Å². The quantitative estimate of drug-likeness (QED) is 0.908. The van der Waals surface area contributed by atoms with Gasteiger partial charge in [-0.2, -0.15) is 0 Å². The number of hydrogen-bond donors (Lipinski definition) is 1. The number of amides is 1. The van der Waals surface area contributed by atoms with Gasteiger partial charge in [0.1, 0.15) is 0 Å². The van der Waals surface area contributed by atoms with E-state index in [0.29, 0.717) is 28.2 Å². The van der Waals surface area contributed by atoms with E-state index in [9.17, 15) is 4.79 Å². The highest BCUT2D eigenvalue weighted by molar-refractivity contribution is 5.95. The molecule has 0 aromatic heterocycles. The smallest absolute Gasteiger partial charge is 0.251 e. The van der Waals surface area contributed by atoms with Gasteiger partial charge in [0.15, 0.2) is 11.5 Å². The molecule has 1 N–H and O–H groups in total. The lowest BCUT2D eigenvalue weighted by atomic mass is 9.92. The van der Waals surface area contributed by atoms with Crippen molar-refractivity contribution in [3.05, 3.63) is 17.7 Å². The molecule has 2 rings (SSSR count). The maximum Gasteiger partial charge on any atom is 0.251 e. The van der Waals surface area contributed by atoms with E-state index in [1.54, 1.807) is 33.5 Å². The van der Waals surface area contributed by atoms with Crippen molar-refractivity contribution in [1.29, 1.82) is 0 Å². The van der Waals surface area contributed by atoms with Gasteiger partial charge in [-0.25, -0.2) is 0 Å². The van der Waals surface area contributed by atoms with Gasteiger partial charge >= 0.3 is 0 Å². The highest BCUT2D eigenvalue weighted by atomic mass is 16.5. The average Bonchev–Trinajstić information content (AvgIpc) is 2.84. The summed E-state index contributed by atoms with van der Waals surface area (Å²) in [4.78, 5) is 12.5. The molecule has 5 nitrogen and oxygen atoms in total. The van der Waals surface area contributed by atoms with Crippen LogP contribution >= 0.6 is 0 Å². The third-order valence-corrected chi connectivity index (χ3v) is 4.23. The maximum absolute atomic E-state index is 12.5. The topological polar surface area (TPSA) is 56.8 Å².